The molecule has 0 radical (unpaired) electrons. The second-order valence-electron chi connectivity index (χ2n) is 5.22. The molecule has 1 rings (SSSR count). The number of unbranched alkanes of at least 4 members (excludes halogenated alkanes) is 1. The van der Waals surface area contributed by atoms with Gasteiger partial charge in [-0.3, -0.25) is 0 Å². The van der Waals surface area contributed by atoms with Crippen LogP contribution in [0.4, 0.5) is 0 Å². The van der Waals surface area contributed by atoms with Gasteiger partial charge < -0.3 is 5.11 Å². The molecule has 1 saturated carbocycles. The molecule has 1 fully saturated rings. The van der Waals surface area contributed by atoms with Gasteiger partial charge in [-0.1, -0.05) is 27.2 Å². The topological polar surface area (TPSA) is 20.2 Å². The minimum absolute atomic E-state index is 0.364. The third-order valence-corrected chi connectivity index (χ3v) is 4.23. The van der Waals surface area contributed by atoms with Crippen LogP contribution in [0, 0.1) is 17.3 Å². The Morgan fingerprint density at radius 1 is 1.23 bits per heavy atom. The molecule has 1 unspecified atom stereocenters. The molecule has 0 bridgehead atoms. The predicted molar refractivity (Wildman–Crippen MR) is 56.6 cm³/mol. The smallest absolute Gasteiger partial charge is 0.0431 e. The van der Waals surface area contributed by atoms with Gasteiger partial charge in [-0.15, -0.1) is 0 Å². The van der Waals surface area contributed by atoms with E-state index in [9.17, 15) is 0 Å². The van der Waals surface area contributed by atoms with Gasteiger partial charge >= 0.3 is 0 Å². The van der Waals surface area contributed by atoms with Gasteiger partial charge in [0.2, 0.25) is 0 Å². The maximum absolute atomic E-state index is 8.72. The van der Waals surface area contributed by atoms with Crippen LogP contribution < -0.4 is 0 Å². The van der Waals surface area contributed by atoms with E-state index in [4.69, 9.17) is 5.11 Å². The first-order chi connectivity index (χ1) is 6.09. The van der Waals surface area contributed by atoms with Gasteiger partial charge in [0.15, 0.2) is 0 Å². The largest absolute Gasteiger partial charge is 0.396 e. The number of rotatable bonds is 4. The molecule has 0 aromatic heterocycles. The first-order valence-corrected chi connectivity index (χ1v) is 5.70. The van der Waals surface area contributed by atoms with Crippen LogP contribution in [0.15, 0.2) is 0 Å². The second kappa shape index (κ2) is 4.45. The molecular formula is C12H24O. The normalized spacial score (nSPS) is 32.3. The summed E-state index contributed by atoms with van der Waals surface area (Å²) in [7, 11) is 0. The van der Waals surface area contributed by atoms with Crippen molar-refractivity contribution in [2.24, 2.45) is 17.3 Å². The van der Waals surface area contributed by atoms with Crippen molar-refractivity contribution >= 4 is 0 Å². The summed E-state index contributed by atoms with van der Waals surface area (Å²) in [6.07, 6.45) is 6.31. The van der Waals surface area contributed by atoms with E-state index in [0.29, 0.717) is 12.0 Å². The molecule has 1 aliphatic rings. The summed E-state index contributed by atoms with van der Waals surface area (Å²) in [6, 6.07) is 0. The fourth-order valence-corrected chi connectivity index (χ4v) is 2.62. The third kappa shape index (κ3) is 2.46. The van der Waals surface area contributed by atoms with E-state index in [1.54, 1.807) is 0 Å². The molecular weight excluding hydrogens is 160 g/mol. The van der Waals surface area contributed by atoms with Gasteiger partial charge in [-0.2, -0.15) is 0 Å². The lowest BCUT2D eigenvalue weighted by Gasteiger charge is -2.31. The highest BCUT2D eigenvalue weighted by Crippen LogP contribution is 2.48. The average Bonchev–Trinajstić information content (AvgIpc) is 2.32. The van der Waals surface area contributed by atoms with Gasteiger partial charge in [0.1, 0.15) is 0 Å². The monoisotopic (exact) mass is 184 g/mol. The Labute approximate surface area is 82.5 Å². The van der Waals surface area contributed by atoms with Crippen LogP contribution in [0.2, 0.25) is 0 Å². The summed E-state index contributed by atoms with van der Waals surface area (Å²) < 4.78 is 0. The standard InChI is InChI=1S/C12H24O/c1-10-7-8-11(12(10,2)3)6-4-5-9-13/h10-11,13H,4-9H2,1-3H3/t10?,11-/m0/s1. The van der Waals surface area contributed by atoms with Gasteiger partial charge in [-0.25, -0.2) is 0 Å². The Morgan fingerprint density at radius 3 is 2.38 bits per heavy atom. The first kappa shape index (κ1) is 11.0. The lowest BCUT2D eigenvalue weighted by molar-refractivity contribution is 0.180. The van der Waals surface area contributed by atoms with Crippen LogP contribution in [0.3, 0.4) is 0 Å². The summed E-state index contributed by atoms with van der Waals surface area (Å²) in [5.74, 6) is 1.78. The number of aliphatic hydroxyl groups excluding tert-OH is 1. The lowest BCUT2D eigenvalue weighted by Crippen LogP contribution is -2.23. The van der Waals surface area contributed by atoms with Crippen molar-refractivity contribution in [1.29, 1.82) is 0 Å². The third-order valence-electron chi connectivity index (χ3n) is 4.23. The number of hydrogen-bond donors (Lipinski definition) is 1. The molecule has 0 aromatic rings. The fraction of sp³-hybridized carbons (Fsp3) is 1.00. The first-order valence-electron chi connectivity index (χ1n) is 5.70. The molecule has 78 valence electrons. The summed E-state index contributed by atoms with van der Waals surface area (Å²) in [6.45, 7) is 7.57. The fourth-order valence-electron chi connectivity index (χ4n) is 2.62. The Hall–Kier alpha value is -0.0400. The summed E-state index contributed by atoms with van der Waals surface area (Å²) in [5, 5.41) is 8.72. The quantitative estimate of drug-likeness (QED) is 0.665. The van der Waals surface area contributed by atoms with Gasteiger partial charge in [-0.05, 0) is 42.9 Å². The summed E-state index contributed by atoms with van der Waals surface area (Å²) >= 11 is 0. The minimum atomic E-state index is 0.364. The molecule has 1 nitrogen and oxygen atoms in total. The SMILES string of the molecule is CC1CC[C@H](CCCCO)C1(C)C. The van der Waals surface area contributed by atoms with Crippen molar-refractivity contribution < 1.29 is 5.11 Å². The van der Waals surface area contributed by atoms with Crippen molar-refractivity contribution in [3.8, 4) is 0 Å². The maximum Gasteiger partial charge on any atom is 0.0431 e. The zero-order valence-corrected chi connectivity index (χ0v) is 9.34. The van der Waals surface area contributed by atoms with Crippen LogP contribution in [0.25, 0.3) is 0 Å². The van der Waals surface area contributed by atoms with E-state index in [0.717, 1.165) is 18.3 Å². The van der Waals surface area contributed by atoms with Crippen molar-refractivity contribution in [2.75, 3.05) is 6.61 Å². The van der Waals surface area contributed by atoms with Crippen molar-refractivity contribution in [3.63, 3.8) is 0 Å². The molecule has 1 heteroatoms. The minimum Gasteiger partial charge on any atom is -0.396 e. The average molecular weight is 184 g/mol. The van der Waals surface area contributed by atoms with E-state index in [1.165, 1.54) is 25.7 Å². The summed E-state index contributed by atoms with van der Waals surface area (Å²) in [5.41, 5.74) is 0.537. The van der Waals surface area contributed by atoms with Crippen molar-refractivity contribution in [3.05, 3.63) is 0 Å². The number of aliphatic hydroxyl groups is 1. The van der Waals surface area contributed by atoms with E-state index in [2.05, 4.69) is 20.8 Å². The molecule has 1 N–H and O–H groups in total. The van der Waals surface area contributed by atoms with E-state index in [-0.39, 0.29) is 0 Å². The highest BCUT2D eigenvalue weighted by molar-refractivity contribution is 4.89. The van der Waals surface area contributed by atoms with E-state index < -0.39 is 0 Å². The predicted octanol–water partition coefficient (Wildman–Crippen LogP) is 3.22. The highest BCUT2D eigenvalue weighted by Gasteiger charge is 2.39. The van der Waals surface area contributed by atoms with Crippen LogP contribution in [0.5, 0.6) is 0 Å². The van der Waals surface area contributed by atoms with E-state index in [1.807, 2.05) is 0 Å². The molecule has 13 heavy (non-hydrogen) atoms. The molecule has 0 aromatic carbocycles. The Morgan fingerprint density at radius 2 is 1.92 bits per heavy atom. The van der Waals surface area contributed by atoms with Crippen LogP contribution in [-0.4, -0.2) is 11.7 Å². The maximum atomic E-state index is 8.72. The molecule has 0 aliphatic heterocycles. The molecule has 1 aliphatic carbocycles. The molecule has 0 amide bonds. The van der Waals surface area contributed by atoms with Gasteiger partial charge in [0.25, 0.3) is 0 Å². The summed E-state index contributed by atoms with van der Waals surface area (Å²) in [4.78, 5) is 0. The molecule has 2 atom stereocenters. The molecule has 0 saturated heterocycles. The number of hydrogen-bond acceptors (Lipinski definition) is 1. The van der Waals surface area contributed by atoms with Crippen molar-refractivity contribution in [2.45, 2.75) is 52.9 Å². The van der Waals surface area contributed by atoms with Crippen LogP contribution >= 0.6 is 0 Å². The molecule has 0 heterocycles. The Kier molecular flexibility index (Phi) is 3.78. The van der Waals surface area contributed by atoms with Crippen molar-refractivity contribution in [1.82, 2.24) is 0 Å². The Balaban J connectivity index is 2.34. The second-order valence-corrected chi connectivity index (χ2v) is 5.22. The zero-order valence-electron chi connectivity index (χ0n) is 9.34. The molecule has 0 spiro atoms. The Bertz CT molecular complexity index is 151. The van der Waals surface area contributed by atoms with E-state index >= 15 is 0 Å². The lowest BCUT2D eigenvalue weighted by atomic mass is 9.74. The van der Waals surface area contributed by atoms with Gasteiger partial charge in [0, 0.05) is 6.61 Å². The highest BCUT2D eigenvalue weighted by atomic mass is 16.2. The zero-order chi connectivity index (χ0) is 9.90. The van der Waals surface area contributed by atoms with Gasteiger partial charge in [0.05, 0.1) is 0 Å². The van der Waals surface area contributed by atoms with Crippen LogP contribution in [-0.2, 0) is 0 Å². The van der Waals surface area contributed by atoms with Crippen LogP contribution in [0.1, 0.15) is 52.9 Å².